The van der Waals surface area contributed by atoms with E-state index in [0.29, 0.717) is 28.5 Å². The largest absolute Gasteiger partial charge is 0.443 e. The highest BCUT2D eigenvalue weighted by atomic mass is 35.5. The zero-order valence-corrected chi connectivity index (χ0v) is 25.3. The summed E-state index contributed by atoms with van der Waals surface area (Å²) in [5.74, 6) is -0.168. The van der Waals surface area contributed by atoms with Crippen molar-refractivity contribution in [2.24, 2.45) is 0 Å². The lowest BCUT2D eigenvalue weighted by Crippen LogP contribution is -2.45. The van der Waals surface area contributed by atoms with Gasteiger partial charge in [0.2, 0.25) is 11.9 Å². The number of imide groups is 1. The Morgan fingerprint density at radius 3 is 1.80 bits per heavy atom. The minimum Gasteiger partial charge on any atom is -0.443 e. The molecular weight excluding hydrogens is 540 g/mol. The summed E-state index contributed by atoms with van der Waals surface area (Å²) in [4.78, 5) is 56.9. The molecule has 1 aromatic carbocycles. The van der Waals surface area contributed by atoms with E-state index in [-0.39, 0.29) is 24.0 Å². The lowest BCUT2D eigenvalue weighted by atomic mass is 10.1. The molecule has 0 spiro atoms. The Morgan fingerprint density at radius 1 is 0.850 bits per heavy atom. The van der Waals surface area contributed by atoms with Crippen LogP contribution in [0.3, 0.4) is 0 Å². The van der Waals surface area contributed by atoms with Crippen LogP contribution in [-0.4, -0.2) is 56.4 Å². The van der Waals surface area contributed by atoms with Crippen LogP contribution in [0.5, 0.6) is 0 Å². The fraction of sp³-hybridized carbons (Fsp3) is 0.536. The molecule has 40 heavy (non-hydrogen) atoms. The van der Waals surface area contributed by atoms with Gasteiger partial charge in [0, 0.05) is 23.6 Å². The fourth-order valence-corrected chi connectivity index (χ4v) is 3.35. The quantitative estimate of drug-likeness (QED) is 0.287. The number of nitrogens with zero attached hydrogens (tertiary/aromatic N) is 3. The van der Waals surface area contributed by atoms with E-state index in [9.17, 15) is 19.2 Å². The number of nitrogens with one attached hydrogen (secondary N) is 1. The van der Waals surface area contributed by atoms with Gasteiger partial charge in [0.25, 0.3) is 0 Å². The second-order valence-corrected chi connectivity index (χ2v) is 12.4. The van der Waals surface area contributed by atoms with Gasteiger partial charge in [-0.05, 0) is 80.9 Å². The maximum Gasteiger partial charge on any atom is 0.427 e. The van der Waals surface area contributed by atoms with E-state index in [1.165, 1.54) is 6.20 Å². The molecule has 2 aromatic rings. The van der Waals surface area contributed by atoms with Crippen LogP contribution in [0.2, 0.25) is 0 Å². The van der Waals surface area contributed by atoms with Gasteiger partial charge in [0.1, 0.15) is 16.8 Å². The van der Waals surface area contributed by atoms with Gasteiger partial charge < -0.3 is 19.5 Å². The Labute approximate surface area is 240 Å². The highest BCUT2D eigenvalue weighted by Gasteiger charge is 2.38. The number of anilines is 2. The van der Waals surface area contributed by atoms with E-state index < -0.39 is 35.1 Å². The first kappa shape index (κ1) is 32.6. The average molecular weight is 579 g/mol. The van der Waals surface area contributed by atoms with Gasteiger partial charge in [-0.3, -0.25) is 4.79 Å². The van der Waals surface area contributed by atoms with Crippen molar-refractivity contribution < 1.29 is 33.4 Å². The molecule has 220 valence electrons. The molecule has 0 radical (unpaired) electrons. The number of benzene rings is 1. The van der Waals surface area contributed by atoms with Crippen molar-refractivity contribution in [1.82, 2.24) is 9.55 Å². The standard InChI is InChI=1S/C28H39ClN4O7/c1-26(2,3)38-23(35)32-20(18-12-14-19(15-13-18)31-21(34)11-10-16-29)17-30-22(32)33(24(36)39-27(4,5)6)25(37)40-28(7,8)9/h12-15,17H,10-11,16H2,1-9H3,(H,31,34). The van der Waals surface area contributed by atoms with E-state index in [2.05, 4.69) is 10.3 Å². The van der Waals surface area contributed by atoms with Crippen LogP contribution < -0.4 is 10.2 Å². The van der Waals surface area contributed by atoms with Gasteiger partial charge in [0.05, 0.1) is 11.9 Å². The molecule has 2 rings (SSSR count). The normalized spacial score (nSPS) is 11.9. The predicted molar refractivity (Wildman–Crippen MR) is 153 cm³/mol. The third-order valence-corrected chi connectivity index (χ3v) is 4.94. The Hall–Kier alpha value is -3.60. The summed E-state index contributed by atoms with van der Waals surface area (Å²) in [6, 6.07) is 6.62. The van der Waals surface area contributed by atoms with Crippen molar-refractivity contribution in [2.45, 2.75) is 92.0 Å². The summed E-state index contributed by atoms with van der Waals surface area (Å²) in [5.41, 5.74) is -1.58. The molecule has 0 atom stereocenters. The lowest BCUT2D eigenvalue weighted by Gasteiger charge is -2.28. The molecule has 0 saturated carbocycles. The molecule has 0 aliphatic carbocycles. The van der Waals surface area contributed by atoms with Crippen LogP contribution in [0.1, 0.15) is 75.2 Å². The number of carbonyl (C=O) groups excluding carboxylic acids is 4. The third kappa shape index (κ3) is 9.86. The topological polar surface area (TPSA) is 129 Å². The molecule has 1 heterocycles. The minimum atomic E-state index is -1.08. The Balaban J connectivity index is 2.63. The number of rotatable bonds is 6. The molecule has 0 unspecified atom stereocenters. The zero-order valence-electron chi connectivity index (χ0n) is 24.6. The van der Waals surface area contributed by atoms with Crippen molar-refractivity contribution >= 4 is 47.4 Å². The maximum absolute atomic E-state index is 13.5. The molecule has 12 heteroatoms. The molecule has 0 fully saturated rings. The van der Waals surface area contributed by atoms with Crippen molar-refractivity contribution in [2.75, 3.05) is 16.1 Å². The van der Waals surface area contributed by atoms with E-state index in [4.69, 9.17) is 25.8 Å². The SMILES string of the molecule is CC(C)(C)OC(=O)N(C(=O)OC(C)(C)C)c1ncc(-c2ccc(NC(=O)CCCCl)cc2)n1C(=O)OC(C)(C)C. The van der Waals surface area contributed by atoms with Crippen LogP contribution >= 0.6 is 11.6 Å². The molecule has 0 aliphatic heterocycles. The molecule has 1 aromatic heterocycles. The van der Waals surface area contributed by atoms with E-state index >= 15 is 0 Å². The van der Waals surface area contributed by atoms with Crippen LogP contribution in [0, 0.1) is 0 Å². The summed E-state index contributed by atoms with van der Waals surface area (Å²) < 4.78 is 17.5. The van der Waals surface area contributed by atoms with Gasteiger partial charge in [0.15, 0.2) is 0 Å². The Kier molecular flexibility index (Phi) is 10.4. The second kappa shape index (κ2) is 12.7. The maximum atomic E-state index is 13.5. The summed E-state index contributed by atoms with van der Waals surface area (Å²) in [7, 11) is 0. The minimum absolute atomic E-state index is 0.181. The van der Waals surface area contributed by atoms with Gasteiger partial charge in [-0.25, -0.2) is 23.9 Å². The number of amides is 3. The summed E-state index contributed by atoms with van der Waals surface area (Å²) in [6.45, 7) is 14.9. The smallest absolute Gasteiger partial charge is 0.427 e. The first-order valence-corrected chi connectivity index (χ1v) is 13.4. The highest BCUT2D eigenvalue weighted by molar-refractivity contribution is 6.18. The molecule has 1 N–H and O–H groups in total. The van der Waals surface area contributed by atoms with Gasteiger partial charge in [-0.2, -0.15) is 0 Å². The number of carbonyl (C=O) groups is 4. The van der Waals surface area contributed by atoms with Crippen LogP contribution in [0.15, 0.2) is 30.5 Å². The second-order valence-electron chi connectivity index (χ2n) is 12.0. The van der Waals surface area contributed by atoms with Gasteiger partial charge >= 0.3 is 18.3 Å². The Bertz CT molecular complexity index is 1190. The number of aromatic nitrogens is 2. The average Bonchev–Trinajstić information content (AvgIpc) is 3.19. The number of alkyl halides is 1. The summed E-state index contributed by atoms with van der Waals surface area (Å²) in [6.07, 6.45) is -0.891. The van der Waals surface area contributed by atoms with E-state index in [1.54, 1.807) is 86.6 Å². The molecule has 3 amide bonds. The highest BCUT2D eigenvalue weighted by Crippen LogP contribution is 2.30. The zero-order chi connectivity index (χ0) is 30.5. The molecule has 11 nitrogen and oxygen atoms in total. The van der Waals surface area contributed by atoms with Crippen LogP contribution in [0.25, 0.3) is 11.3 Å². The number of hydrogen-bond acceptors (Lipinski definition) is 8. The first-order chi connectivity index (χ1) is 18.3. The van der Waals surface area contributed by atoms with E-state index in [1.807, 2.05) is 0 Å². The monoisotopic (exact) mass is 578 g/mol. The first-order valence-electron chi connectivity index (χ1n) is 12.8. The van der Waals surface area contributed by atoms with Crippen LogP contribution in [0.4, 0.5) is 26.0 Å². The number of halogens is 1. The Morgan fingerprint density at radius 2 is 1.35 bits per heavy atom. The lowest BCUT2D eigenvalue weighted by molar-refractivity contribution is -0.116. The van der Waals surface area contributed by atoms with Crippen molar-refractivity contribution in [3.8, 4) is 11.3 Å². The third-order valence-electron chi connectivity index (χ3n) is 4.67. The van der Waals surface area contributed by atoms with Crippen molar-refractivity contribution in [1.29, 1.82) is 0 Å². The number of ether oxygens (including phenoxy) is 3. The predicted octanol–water partition coefficient (Wildman–Crippen LogP) is 6.97. The molecule has 0 aliphatic rings. The number of imidazole rings is 1. The van der Waals surface area contributed by atoms with E-state index in [0.717, 1.165) is 4.57 Å². The fourth-order valence-electron chi connectivity index (χ4n) is 3.22. The van der Waals surface area contributed by atoms with Crippen molar-refractivity contribution in [3.63, 3.8) is 0 Å². The number of hydrogen-bond donors (Lipinski definition) is 1. The molecule has 0 saturated heterocycles. The molecular formula is C28H39ClN4O7. The van der Waals surface area contributed by atoms with Crippen LogP contribution in [-0.2, 0) is 19.0 Å². The molecule has 0 bridgehead atoms. The summed E-state index contributed by atoms with van der Waals surface area (Å²) in [5, 5.41) is 2.78. The van der Waals surface area contributed by atoms with Gasteiger partial charge in [-0.1, -0.05) is 12.1 Å². The van der Waals surface area contributed by atoms with Crippen molar-refractivity contribution in [3.05, 3.63) is 30.5 Å². The summed E-state index contributed by atoms with van der Waals surface area (Å²) >= 11 is 5.66. The van der Waals surface area contributed by atoms with Gasteiger partial charge in [-0.15, -0.1) is 16.5 Å².